The number of hydrogen-bond acceptors (Lipinski definition) is 3. The van der Waals surface area contributed by atoms with Crippen LogP contribution in [0.4, 0.5) is 0 Å². The van der Waals surface area contributed by atoms with Crippen LogP contribution in [0.25, 0.3) is 0 Å². The predicted molar refractivity (Wildman–Crippen MR) is 57.3 cm³/mol. The van der Waals surface area contributed by atoms with Crippen LogP contribution in [0.15, 0.2) is 0 Å². The Labute approximate surface area is 90.0 Å². The highest BCUT2D eigenvalue weighted by Crippen LogP contribution is 2.28. The van der Waals surface area contributed by atoms with Gasteiger partial charge >= 0.3 is 0 Å². The van der Waals surface area contributed by atoms with Crippen molar-refractivity contribution >= 4 is 11.8 Å². The first-order valence-electron chi connectivity index (χ1n) is 5.43. The SMILES string of the molecule is CNCCC(=O)NCCNC(=O)C1CC1. The molecule has 86 valence electrons. The fourth-order valence-electron chi connectivity index (χ4n) is 1.20. The maximum Gasteiger partial charge on any atom is 0.223 e. The van der Waals surface area contributed by atoms with Crippen LogP contribution in [0.3, 0.4) is 0 Å². The van der Waals surface area contributed by atoms with Crippen LogP contribution in [-0.4, -0.2) is 38.5 Å². The smallest absolute Gasteiger partial charge is 0.223 e. The lowest BCUT2D eigenvalue weighted by Crippen LogP contribution is -2.36. The van der Waals surface area contributed by atoms with Crippen LogP contribution in [0, 0.1) is 5.92 Å². The summed E-state index contributed by atoms with van der Waals surface area (Å²) in [6.07, 6.45) is 2.51. The van der Waals surface area contributed by atoms with Crippen LogP contribution in [0.1, 0.15) is 19.3 Å². The molecule has 0 aromatic rings. The van der Waals surface area contributed by atoms with Crippen molar-refractivity contribution in [1.82, 2.24) is 16.0 Å². The summed E-state index contributed by atoms with van der Waals surface area (Å²) in [4.78, 5) is 22.3. The molecule has 0 aliphatic heterocycles. The van der Waals surface area contributed by atoms with Crippen LogP contribution in [-0.2, 0) is 9.59 Å². The van der Waals surface area contributed by atoms with Gasteiger partial charge in [-0.1, -0.05) is 0 Å². The maximum absolute atomic E-state index is 11.2. The zero-order valence-corrected chi connectivity index (χ0v) is 9.14. The van der Waals surface area contributed by atoms with Crippen molar-refractivity contribution < 1.29 is 9.59 Å². The Kier molecular flexibility index (Phi) is 5.10. The van der Waals surface area contributed by atoms with E-state index in [0.29, 0.717) is 26.1 Å². The summed E-state index contributed by atoms with van der Waals surface area (Å²) >= 11 is 0. The molecule has 0 aromatic carbocycles. The third-order valence-corrected chi connectivity index (χ3v) is 2.30. The standard InChI is InChI=1S/C10H19N3O2/c1-11-5-4-9(14)12-6-7-13-10(15)8-2-3-8/h8,11H,2-7H2,1H3,(H,12,14)(H,13,15). The Morgan fingerprint density at radius 1 is 1.13 bits per heavy atom. The molecular formula is C10H19N3O2. The maximum atomic E-state index is 11.2. The highest BCUT2D eigenvalue weighted by atomic mass is 16.2. The van der Waals surface area contributed by atoms with Gasteiger partial charge in [0.1, 0.15) is 0 Å². The van der Waals surface area contributed by atoms with Gasteiger partial charge in [-0.15, -0.1) is 0 Å². The number of amides is 2. The molecular weight excluding hydrogens is 194 g/mol. The van der Waals surface area contributed by atoms with Gasteiger partial charge in [-0.2, -0.15) is 0 Å². The average molecular weight is 213 g/mol. The minimum Gasteiger partial charge on any atom is -0.354 e. The zero-order chi connectivity index (χ0) is 11.1. The van der Waals surface area contributed by atoms with Crippen molar-refractivity contribution in [2.75, 3.05) is 26.7 Å². The summed E-state index contributed by atoms with van der Waals surface area (Å²) in [5, 5.41) is 8.43. The van der Waals surface area contributed by atoms with E-state index < -0.39 is 0 Å². The predicted octanol–water partition coefficient (Wildman–Crippen LogP) is -0.762. The van der Waals surface area contributed by atoms with Crippen LogP contribution in [0.2, 0.25) is 0 Å². The van der Waals surface area contributed by atoms with Gasteiger partial charge in [0.25, 0.3) is 0 Å². The molecule has 1 aliphatic rings. The van der Waals surface area contributed by atoms with Gasteiger partial charge < -0.3 is 16.0 Å². The Morgan fingerprint density at radius 2 is 1.80 bits per heavy atom. The molecule has 0 bridgehead atoms. The van der Waals surface area contributed by atoms with E-state index in [-0.39, 0.29) is 17.7 Å². The lowest BCUT2D eigenvalue weighted by molar-refractivity contribution is -0.123. The Hall–Kier alpha value is -1.10. The third-order valence-electron chi connectivity index (χ3n) is 2.30. The molecule has 0 radical (unpaired) electrons. The minimum absolute atomic E-state index is 0.0185. The van der Waals surface area contributed by atoms with Crippen molar-refractivity contribution in [1.29, 1.82) is 0 Å². The van der Waals surface area contributed by atoms with E-state index in [9.17, 15) is 9.59 Å². The summed E-state index contributed by atoms with van der Waals surface area (Å²) in [7, 11) is 1.81. The van der Waals surface area contributed by atoms with E-state index in [1.54, 1.807) is 0 Å². The van der Waals surface area contributed by atoms with E-state index in [2.05, 4.69) is 16.0 Å². The molecule has 0 atom stereocenters. The molecule has 1 aliphatic carbocycles. The lowest BCUT2D eigenvalue weighted by Gasteiger charge is -2.06. The minimum atomic E-state index is 0.0185. The largest absolute Gasteiger partial charge is 0.354 e. The number of rotatable bonds is 7. The van der Waals surface area contributed by atoms with Gasteiger partial charge in [-0.3, -0.25) is 9.59 Å². The summed E-state index contributed by atoms with van der Waals surface area (Å²) in [6, 6.07) is 0. The molecule has 1 saturated carbocycles. The van der Waals surface area contributed by atoms with Crippen molar-refractivity contribution in [2.45, 2.75) is 19.3 Å². The molecule has 0 saturated heterocycles. The first kappa shape index (κ1) is 12.0. The molecule has 1 rings (SSSR count). The molecule has 5 nitrogen and oxygen atoms in total. The molecule has 3 N–H and O–H groups in total. The van der Waals surface area contributed by atoms with E-state index in [1.807, 2.05) is 7.05 Å². The molecule has 1 fully saturated rings. The molecule has 0 heterocycles. The van der Waals surface area contributed by atoms with E-state index >= 15 is 0 Å². The Balaban J connectivity index is 1.91. The molecule has 15 heavy (non-hydrogen) atoms. The van der Waals surface area contributed by atoms with E-state index in [0.717, 1.165) is 12.8 Å². The lowest BCUT2D eigenvalue weighted by atomic mass is 10.4. The first-order chi connectivity index (χ1) is 7.24. The van der Waals surface area contributed by atoms with Crippen molar-refractivity contribution in [3.63, 3.8) is 0 Å². The van der Waals surface area contributed by atoms with Crippen molar-refractivity contribution in [3.05, 3.63) is 0 Å². The first-order valence-corrected chi connectivity index (χ1v) is 5.43. The normalized spacial score (nSPS) is 14.7. The highest BCUT2D eigenvalue weighted by Gasteiger charge is 2.28. The van der Waals surface area contributed by atoms with Gasteiger partial charge in [-0.05, 0) is 19.9 Å². The zero-order valence-electron chi connectivity index (χ0n) is 9.14. The highest BCUT2D eigenvalue weighted by molar-refractivity contribution is 5.81. The second-order valence-corrected chi connectivity index (χ2v) is 3.77. The molecule has 0 unspecified atom stereocenters. The summed E-state index contributed by atoms with van der Waals surface area (Å²) in [5.74, 6) is 0.384. The van der Waals surface area contributed by atoms with Gasteiger partial charge in [0.05, 0.1) is 0 Å². The van der Waals surface area contributed by atoms with Gasteiger partial charge in [0.15, 0.2) is 0 Å². The van der Waals surface area contributed by atoms with Crippen LogP contribution in [0.5, 0.6) is 0 Å². The second kappa shape index (κ2) is 6.40. The molecule has 0 aromatic heterocycles. The summed E-state index contributed by atoms with van der Waals surface area (Å²) < 4.78 is 0. The molecule has 5 heteroatoms. The summed E-state index contributed by atoms with van der Waals surface area (Å²) in [5.41, 5.74) is 0. The Bertz CT molecular complexity index is 227. The van der Waals surface area contributed by atoms with Gasteiger partial charge in [0, 0.05) is 32.0 Å². The number of carbonyl (C=O) groups is 2. The Morgan fingerprint density at radius 3 is 2.40 bits per heavy atom. The van der Waals surface area contributed by atoms with E-state index in [4.69, 9.17) is 0 Å². The fraction of sp³-hybridized carbons (Fsp3) is 0.800. The van der Waals surface area contributed by atoms with Crippen LogP contribution < -0.4 is 16.0 Å². The number of hydrogen-bond donors (Lipinski definition) is 3. The van der Waals surface area contributed by atoms with E-state index in [1.165, 1.54) is 0 Å². The van der Waals surface area contributed by atoms with Crippen molar-refractivity contribution in [2.24, 2.45) is 5.92 Å². The van der Waals surface area contributed by atoms with Gasteiger partial charge in [0.2, 0.25) is 11.8 Å². The molecule has 0 spiro atoms. The number of nitrogens with one attached hydrogen (secondary N) is 3. The molecule has 2 amide bonds. The average Bonchev–Trinajstić information content (AvgIpc) is 3.04. The number of carbonyl (C=O) groups excluding carboxylic acids is 2. The summed E-state index contributed by atoms with van der Waals surface area (Å²) in [6.45, 7) is 1.72. The third kappa shape index (κ3) is 5.37. The van der Waals surface area contributed by atoms with Crippen LogP contribution >= 0.6 is 0 Å². The second-order valence-electron chi connectivity index (χ2n) is 3.77. The monoisotopic (exact) mass is 213 g/mol. The quantitative estimate of drug-likeness (QED) is 0.487. The van der Waals surface area contributed by atoms with Gasteiger partial charge in [-0.25, -0.2) is 0 Å². The van der Waals surface area contributed by atoms with Crippen molar-refractivity contribution in [3.8, 4) is 0 Å². The topological polar surface area (TPSA) is 70.2 Å². The fourth-order valence-corrected chi connectivity index (χ4v) is 1.20.